The first kappa shape index (κ1) is 24.9. The van der Waals surface area contributed by atoms with E-state index in [4.69, 9.17) is 5.26 Å². The van der Waals surface area contributed by atoms with Crippen LogP contribution in [0.25, 0.3) is 0 Å². The highest BCUT2D eigenvalue weighted by Gasteiger charge is 2.32. The number of rotatable bonds is 8. The van der Waals surface area contributed by atoms with Crippen LogP contribution in [0.2, 0.25) is 0 Å². The SMILES string of the molecule is CNCCc1ccc(Cc2ccc(N3CCn4ncc(C(=O)Nc5cccc(C#N)c5)c4C3=O)cc2)cc1. The van der Waals surface area contributed by atoms with Crippen LogP contribution >= 0.6 is 0 Å². The average molecular weight is 505 g/mol. The second-order valence-electron chi connectivity index (χ2n) is 9.25. The van der Waals surface area contributed by atoms with Gasteiger partial charge in [-0.3, -0.25) is 14.3 Å². The molecule has 5 rings (SSSR count). The third kappa shape index (κ3) is 5.33. The predicted octanol–water partition coefficient (Wildman–Crippen LogP) is 4.02. The number of carbonyl (C=O) groups is 2. The fourth-order valence-corrected chi connectivity index (χ4v) is 4.60. The highest BCUT2D eigenvalue weighted by atomic mass is 16.2. The Morgan fingerprint density at radius 2 is 1.71 bits per heavy atom. The van der Waals surface area contributed by atoms with E-state index in [1.54, 1.807) is 33.8 Å². The molecule has 0 radical (unpaired) electrons. The number of nitrogens with one attached hydrogen (secondary N) is 2. The lowest BCUT2D eigenvalue weighted by molar-refractivity contribution is 0.0947. The summed E-state index contributed by atoms with van der Waals surface area (Å²) in [5.74, 6) is -0.710. The monoisotopic (exact) mass is 504 g/mol. The first-order valence-electron chi connectivity index (χ1n) is 12.6. The Morgan fingerprint density at radius 1 is 1.00 bits per heavy atom. The predicted molar refractivity (Wildman–Crippen MR) is 146 cm³/mol. The van der Waals surface area contributed by atoms with Crippen molar-refractivity contribution in [3.63, 3.8) is 0 Å². The van der Waals surface area contributed by atoms with Crippen LogP contribution in [0.15, 0.2) is 79.0 Å². The molecule has 0 fully saturated rings. The van der Waals surface area contributed by atoms with Gasteiger partial charge in [-0.05, 0) is 73.5 Å². The standard InChI is InChI=1S/C30H28N6O2/c1-32-14-13-21-5-7-22(8-6-21)17-23-9-11-26(12-10-23)35-15-16-36-28(30(35)38)27(20-33-36)29(37)34-25-4-2-3-24(18-25)19-31/h2-12,18,20,32H,13-17H2,1H3,(H,34,37). The van der Waals surface area contributed by atoms with E-state index in [0.717, 1.165) is 30.6 Å². The minimum Gasteiger partial charge on any atom is -0.322 e. The molecule has 1 aromatic heterocycles. The number of amides is 2. The molecule has 2 N–H and O–H groups in total. The molecule has 2 heterocycles. The summed E-state index contributed by atoms with van der Waals surface area (Å²) in [4.78, 5) is 28.2. The van der Waals surface area contributed by atoms with Crippen molar-refractivity contribution in [1.82, 2.24) is 15.1 Å². The van der Waals surface area contributed by atoms with E-state index in [1.165, 1.54) is 17.3 Å². The second-order valence-corrected chi connectivity index (χ2v) is 9.25. The Labute approximate surface area is 221 Å². The van der Waals surface area contributed by atoms with Crippen molar-refractivity contribution in [2.75, 3.05) is 30.4 Å². The summed E-state index contributed by atoms with van der Waals surface area (Å²) >= 11 is 0. The number of benzene rings is 3. The first-order chi connectivity index (χ1) is 18.6. The normalized spacial score (nSPS) is 12.6. The third-order valence-electron chi connectivity index (χ3n) is 6.66. The van der Waals surface area contributed by atoms with Gasteiger partial charge >= 0.3 is 0 Å². The summed E-state index contributed by atoms with van der Waals surface area (Å²) in [6, 6.07) is 25.3. The molecule has 1 aliphatic heterocycles. The van der Waals surface area contributed by atoms with Crippen LogP contribution in [-0.4, -0.2) is 41.7 Å². The van der Waals surface area contributed by atoms with E-state index < -0.39 is 5.91 Å². The molecule has 8 heteroatoms. The molecule has 3 aromatic carbocycles. The van der Waals surface area contributed by atoms with Gasteiger partial charge in [-0.1, -0.05) is 42.5 Å². The fraction of sp³-hybridized carbons (Fsp3) is 0.200. The van der Waals surface area contributed by atoms with Crippen LogP contribution in [0.4, 0.5) is 11.4 Å². The molecule has 190 valence electrons. The van der Waals surface area contributed by atoms with Crippen molar-refractivity contribution in [3.05, 3.63) is 113 Å². The van der Waals surface area contributed by atoms with Crippen molar-refractivity contribution >= 4 is 23.2 Å². The van der Waals surface area contributed by atoms with E-state index in [0.29, 0.717) is 24.3 Å². The van der Waals surface area contributed by atoms with Crippen LogP contribution in [0, 0.1) is 11.3 Å². The molecule has 0 spiro atoms. The van der Waals surface area contributed by atoms with Gasteiger partial charge in [0.15, 0.2) is 0 Å². The van der Waals surface area contributed by atoms with E-state index >= 15 is 0 Å². The molecular weight excluding hydrogens is 476 g/mol. The third-order valence-corrected chi connectivity index (χ3v) is 6.66. The van der Waals surface area contributed by atoms with Gasteiger partial charge in [0, 0.05) is 17.9 Å². The summed E-state index contributed by atoms with van der Waals surface area (Å²) < 4.78 is 1.58. The maximum Gasteiger partial charge on any atom is 0.277 e. The molecule has 0 aliphatic carbocycles. The Morgan fingerprint density at radius 3 is 2.42 bits per heavy atom. The summed E-state index contributed by atoms with van der Waals surface area (Å²) in [5, 5.41) is 19.3. The van der Waals surface area contributed by atoms with E-state index in [1.807, 2.05) is 31.3 Å². The van der Waals surface area contributed by atoms with Gasteiger partial charge in [-0.25, -0.2) is 0 Å². The van der Waals surface area contributed by atoms with Gasteiger partial charge in [0.1, 0.15) is 5.69 Å². The number of fused-ring (bicyclic) bond motifs is 1. The van der Waals surface area contributed by atoms with Crippen molar-refractivity contribution in [2.24, 2.45) is 0 Å². The van der Waals surface area contributed by atoms with Crippen molar-refractivity contribution in [2.45, 2.75) is 19.4 Å². The van der Waals surface area contributed by atoms with E-state index in [9.17, 15) is 9.59 Å². The Kier molecular flexibility index (Phi) is 7.29. The van der Waals surface area contributed by atoms with Crippen LogP contribution < -0.4 is 15.5 Å². The smallest absolute Gasteiger partial charge is 0.277 e. The lowest BCUT2D eigenvalue weighted by Crippen LogP contribution is -2.41. The molecule has 1 aliphatic rings. The minimum atomic E-state index is -0.441. The van der Waals surface area contributed by atoms with Crippen LogP contribution in [0.5, 0.6) is 0 Å². The lowest BCUT2D eigenvalue weighted by atomic mass is 10.0. The number of hydrogen-bond acceptors (Lipinski definition) is 5. The quantitative estimate of drug-likeness (QED) is 0.377. The number of carbonyl (C=O) groups excluding carboxylic acids is 2. The Hall–Kier alpha value is -4.74. The minimum absolute atomic E-state index is 0.205. The molecule has 38 heavy (non-hydrogen) atoms. The maximum atomic E-state index is 13.5. The number of nitrogens with zero attached hydrogens (tertiary/aromatic N) is 4. The largest absolute Gasteiger partial charge is 0.322 e. The molecule has 0 atom stereocenters. The molecule has 0 bridgehead atoms. The summed E-state index contributed by atoms with van der Waals surface area (Å²) in [5.41, 5.74) is 5.87. The highest BCUT2D eigenvalue weighted by Crippen LogP contribution is 2.25. The average Bonchev–Trinajstić information content (AvgIpc) is 3.39. The van der Waals surface area contributed by atoms with Gasteiger partial charge in [0.25, 0.3) is 11.8 Å². The first-order valence-corrected chi connectivity index (χ1v) is 12.6. The second kappa shape index (κ2) is 11.1. The van der Waals surface area contributed by atoms with E-state index in [2.05, 4.69) is 46.1 Å². The van der Waals surface area contributed by atoms with Crippen molar-refractivity contribution < 1.29 is 9.59 Å². The van der Waals surface area contributed by atoms with Gasteiger partial charge in [-0.15, -0.1) is 0 Å². The molecule has 2 amide bonds. The zero-order valence-electron chi connectivity index (χ0n) is 21.1. The van der Waals surface area contributed by atoms with E-state index in [-0.39, 0.29) is 17.2 Å². The maximum absolute atomic E-state index is 13.5. The number of likely N-dealkylation sites (N-methyl/N-ethyl adjacent to an activating group) is 1. The lowest BCUT2D eigenvalue weighted by Gasteiger charge is -2.28. The zero-order chi connectivity index (χ0) is 26.5. The highest BCUT2D eigenvalue weighted by molar-refractivity contribution is 6.15. The van der Waals surface area contributed by atoms with Gasteiger partial charge in [0.05, 0.1) is 29.9 Å². The van der Waals surface area contributed by atoms with Crippen molar-refractivity contribution in [1.29, 1.82) is 5.26 Å². The van der Waals surface area contributed by atoms with Gasteiger partial charge in [-0.2, -0.15) is 10.4 Å². The van der Waals surface area contributed by atoms with Crippen LogP contribution in [-0.2, 0) is 19.4 Å². The summed E-state index contributed by atoms with van der Waals surface area (Å²) in [6.07, 6.45) is 3.24. The molecule has 0 saturated carbocycles. The zero-order valence-corrected chi connectivity index (χ0v) is 21.1. The Bertz CT molecular complexity index is 1500. The molecular formula is C30H28N6O2. The number of nitriles is 1. The fourth-order valence-electron chi connectivity index (χ4n) is 4.60. The topological polar surface area (TPSA) is 103 Å². The number of aromatic nitrogens is 2. The number of anilines is 2. The number of hydrogen-bond donors (Lipinski definition) is 2. The van der Waals surface area contributed by atoms with Crippen LogP contribution in [0.3, 0.4) is 0 Å². The van der Waals surface area contributed by atoms with Crippen LogP contribution in [0.1, 0.15) is 43.1 Å². The Balaban J connectivity index is 1.28. The molecule has 4 aromatic rings. The van der Waals surface area contributed by atoms with Gasteiger partial charge < -0.3 is 15.5 Å². The summed E-state index contributed by atoms with van der Waals surface area (Å²) in [6.45, 7) is 1.91. The van der Waals surface area contributed by atoms with Crippen molar-refractivity contribution in [3.8, 4) is 6.07 Å². The molecule has 0 unspecified atom stereocenters. The van der Waals surface area contributed by atoms with Gasteiger partial charge in [0.2, 0.25) is 0 Å². The molecule has 8 nitrogen and oxygen atoms in total. The summed E-state index contributed by atoms with van der Waals surface area (Å²) in [7, 11) is 1.96. The molecule has 0 saturated heterocycles.